The smallest absolute Gasteiger partial charge is 0.214 e. The van der Waals surface area contributed by atoms with Crippen molar-refractivity contribution in [3.05, 3.63) is 48.0 Å². The molecule has 2 aromatic rings. The van der Waals surface area contributed by atoms with Crippen molar-refractivity contribution in [1.29, 1.82) is 0 Å². The van der Waals surface area contributed by atoms with Gasteiger partial charge in [-0.15, -0.1) is 0 Å². The fourth-order valence-electron chi connectivity index (χ4n) is 2.52. The fraction of sp³-hybridized carbons (Fsp3) is 0.333. The lowest BCUT2D eigenvalue weighted by Crippen LogP contribution is -2.54. The Morgan fingerprint density at radius 3 is 2.55 bits per heavy atom. The molecule has 1 aliphatic heterocycles. The van der Waals surface area contributed by atoms with Crippen molar-refractivity contribution in [2.45, 2.75) is 12.5 Å². The summed E-state index contributed by atoms with van der Waals surface area (Å²) in [6.45, 7) is 0.468. The summed E-state index contributed by atoms with van der Waals surface area (Å²) < 4.78 is 25.5. The molecule has 0 amide bonds. The molecule has 5 heteroatoms. The van der Waals surface area contributed by atoms with Crippen molar-refractivity contribution in [1.82, 2.24) is 4.31 Å². The number of aryl methyl sites for hydroxylation is 1. The lowest BCUT2D eigenvalue weighted by atomic mass is 10.0. The van der Waals surface area contributed by atoms with Crippen LogP contribution in [0.15, 0.2) is 42.5 Å². The molecule has 3 rings (SSSR count). The number of hydrogen-bond acceptors (Lipinski definition) is 3. The van der Waals surface area contributed by atoms with Gasteiger partial charge >= 0.3 is 0 Å². The Hall–Kier alpha value is -1.43. The van der Waals surface area contributed by atoms with Crippen LogP contribution in [0.5, 0.6) is 0 Å². The summed E-state index contributed by atoms with van der Waals surface area (Å²) in [5, 5.41) is 11.4. The molecule has 0 aromatic heterocycles. The molecule has 0 bridgehead atoms. The van der Waals surface area contributed by atoms with Crippen molar-refractivity contribution in [3.8, 4) is 0 Å². The molecular formula is C15H17NO3S. The summed E-state index contributed by atoms with van der Waals surface area (Å²) >= 11 is 0. The van der Waals surface area contributed by atoms with E-state index in [1.807, 2.05) is 42.5 Å². The molecule has 0 radical (unpaired) electrons. The van der Waals surface area contributed by atoms with Gasteiger partial charge in [-0.3, -0.25) is 0 Å². The summed E-state index contributed by atoms with van der Waals surface area (Å²) in [5.74, 6) is 0.0910. The molecule has 20 heavy (non-hydrogen) atoms. The summed E-state index contributed by atoms with van der Waals surface area (Å²) in [4.78, 5) is 0. The van der Waals surface area contributed by atoms with E-state index < -0.39 is 16.1 Å². The molecule has 1 heterocycles. The number of β-amino-alcohol motifs (C(OH)–C–C–N with tert-alkyl or cyclic N) is 1. The van der Waals surface area contributed by atoms with Gasteiger partial charge in [-0.2, -0.15) is 4.31 Å². The van der Waals surface area contributed by atoms with E-state index in [4.69, 9.17) is 0 Å². The second-order valence-electron chi connectivity index (χ2n) is 5.18. The first kappa shape index (κ1) is 13.5. The first-order valence-corrected chi connectivity index (χ1v) is 8.30. The van der Waals surface area contributed by atoms with Crippen LogP contribution in [0, 0.1) is 0 Å². The van der Waals surface area contributed by atoms with Gasteiger partial charge in [-0.05, 0) is 22.8 Å². The minimum Gasteiger partial charge on any atom is -0.390 e. The third kappa shape index (κ3) is 2.57. The van der Waals surface area contributed by atoms with E-state index in [9.17, 15) is 13.5 Å². The highest BCUT2D eigenvalue weighted by Crippen LogP contribution is 2.21. The van der Waals surface area contributed by atoms with Gasteiger partial charge in [0.05, 0.1) is 11.9 Å². The molecule has 1 N–H and O–H groups in total. The van der Waals surface area contributed by atoms with Gasteiger partial charge in [-0.25, -0.2) is 8.42 Å². The molecule has 0 unspecified atom stereocenters. The summed E-state index contributed by atoms with van der Waals surface area (Å²) in [6.07, 6.45) is -0.00153. The highest BCUT2D eigenvalue weighted by molar-refractivity contribution is 7.89. The van der Waals surface area contributed by atoms with E-state index in [1.54, 1.807) is 0 Å². The van der Waals surface area contributed by atoms with Crippen LogP contribution in [0.1, 0.15) is 5.56 Å². The Kier molecular flexibility index (Phi) is 3.50. The zero-order valence-electron chi connectivity index (χ0n) is 11.1. The van der Waals surface area contributed by atoms with Gasteiger partial charge < -0.3 is 5.11 Å². The van der Waals surface area contributed by atoms with Gasteiger partial charge in [0, 0.05) is 13.1 Å². The van der Waals surface area contributed by atoms with Gasteiger partial charge in [0.1, 0.15) is 0 Å². The van der Waals surface area contributed by atoms with Crippen molar-refractivity contribution in [2.75, 3.05) is 18.8 Å². The minimum absolute atomic E-state index is 0.0910. The molecule has 106 valence electrons. The number of sulfonamides is 1. The molecule has 0 aliphatic carbocycles. The van der Waals surface area contributed by atoms with Crippen LogP contribution in [-0.4, -0.2) is 42.8 Å². The Balaban J connectivity index is 1.77. The Morgan fingerprint density at radius 1 is 1.10 bits per heavy atom. The first-order chi connectivity index (χ1) is 9.56. The number of nitrogens with zero attached hydrogens (tertiary/aromatic N) is 1. The number of fused-ring (bicyclic) bond motifs is 1. The SMILES string of the molecule is O=S(=O)(CCc1cccc2ccccc12)N1CC(O)C1. The molecule has 0 atom stereocenters. The number of rotatable bonds is 4. The van der Waals surface area contributed by atoms with Crippen LogP contribution in [0.4, 0.5) is 0 Å². The molecule has 4 nitrogen and oxygen atoms in total. The summed E-state index contributed by atoms with van der Waals surface area (Å²) in [5.41, 5.74) is 1.05. The van der Waals surface area contributed by atoms with E-state index >= 15 is 0 Å². The third-order valence-electron chi connectivity index (χ3n) is 3.73. The number of benzene rings is 2. The minimum atomic E-state index is -3.25. The Morgan fingerprint density at radius 2 is 1.80 bits per heavy atom. The Labute approximate surface area is 118 Å². The second kappa shape index (κ2) is 5.16. The van der Waals surface area contributed by atoms with Crippen LogP contribution in [-0.2, 0) is 16.4 Å². The van der Waals surface area contributed by atoms with Gasteiger partial charge in [0.2, 0.25) is 10.0 Å². The highest BCUT2D eigenvalue weighted by atomic mass is 32.2. The first-order valence-electron chi connectivity index (χ1n) is 6.69. The summed E-state index contributed by atoms with van der Waals surface area (Å²) in [6, 6.07) is 13.9. The van der Waals surface area contributed by atoms with Crippen LogP contribution < -0.4 is 0 Å². The van der Waals surface area contributed by atoms with Crippen LogP contribution in [0.3, 0.4) is 0 Å². The lowest BCUT2D eigenvalue weighted by molar-refractivity contribution is 0.0548. The highest BCUT2D eigenvalue weighted by Gasteiger charge is 2.33. The predicted molar refractivity (Wildman–Crippen MR) is 79.0 cm³/mol. The number of aliphatic hydroxyl groups is 1. The quantitative estimate of drug-likeness (QED) is 0.926. The average Bonchev–Trinajstić information content (AvgIpc) is 2.41. The number of hydrogen-bond donors (Lipinski definition) is 1. The standard InChI is InChI=1S/C15H17NO3S/c17-14-10-16(11-14)20(18,19)9-8-13-6-3-5-12-4-1-2-7-15(12)13/h1-7,14,17H,8-11H2. The third-order valence-corrected chi connectivity index (χ3v) is 5.54. The maximum absolute atomic E-state index is 12.1. The second-order valence-corrected chi connectivity index (χ2v) is 7.26. The molecule has 2 aromatic carbocycles. The Bertz CT molecular complexity index is 715. The zero-order valence-corrected chi connectivity index (χ0v) is 11.9. The van der Waals surface area contributed by atoms with Crippen molar-refractivity contribution < 1.29 is 13.5 Å². The van der Waals surface area contributed by atoms with Gasteiger partial charge in [0.25, 0.3) is 0 Å². The maximum Gasteiger partial charge on any atom is 0.214 e. The maximum atomic E-state index is 12.1. The van der Waals surface area contributed by atoms with Crippen LogP contribution in [0.2, 0.25) is 0 Å². The topological polar surface area (TPSA) is 57.6 Å². The molecule has 1 saturated heterocycles. The lowest BCUT2D eigenvalue weighted by Gasteiger charge is -2.34. The molecule has 0 saturated carbocycles. The van der Waals surface area contributed by atoms with E-state index in [1.165, 1.54) is 4.31 Å². The van der Waals surface area contributed by atoms with E-state index in [2.05, 4.69) is 0 Å². The average molecular weight is 291 g/mol. The van der Waals surface area contributed by atoms with Crippen molar-refractivity contribution in [2.24, 2.45) is 0 Å². The molecule has 0 spiro atoms. The van der Waals surface area contributed by atoms with E-state index in [-0.39, 0.29) is 18.8 Å². The summed E-state index contributed by atoms with van der Waals surface area (Å²) in [7, 11) is -3.25. The van der Waals surface area contributed by atoms with E-state index in [0.717, 1.165) is 16.3 Å². The van der Waals surface area contributed by atoms with Crippen LogP contribution in [0.25, 0.3) is 10.8 Å². The number of aliphatic hydroxyl groups excluding tert-OH is 1. The van der Waals surface area contributed by atoms with Crippen molar-refractivity contribution >= 4 is 20.8 Å². The molecule has 1 fully saturated rings. The molecular weight excluding hydrogens is 274 g/mol. The predicted octanol–water partition coefficient (Wildman–Crippen LogP) is 1.39. The van der Waals surface area contributed by atoms with Gasteiger partial charge in [-0.1, -0.05) is 42.5 Å². The zero-order chi connectivity index (χ0) is 14.2. The largest absolute Gasteiger partial charge is 0.390 e. The molecule has 1 aliphatic rings. The fourth-order valence-corrected chi connectivity index (χ4v) is 4.06. The normalized spacial score (nSPS) is 17.2. The monoisotopic (exact) mass is 291 g/mol. The van der Waals surface area contributed by atoms with Gasteiger partial charge in [0.15, 0.2) is 0 Å². The van der Waals surface area contributed by atoms with Crippen LogP contribution >= 0.6 is 0 Å². The van der Waals surface area contributed by atoms with Crippen molar-refractivity contribution in [3.63, 3.8) is 0 Å². The van der Waals surface area contributed by atoms with E-state index in [0.29, 0.717) is 6.42 Å².